The van der Waals surface area contributed by atoms with Crippen LogP contribution in [0.15, 0.2) is 29.2 Å². The van der Waals surface area contributed by atoms with Crippen LogP contribution in [-0.2, 0) is 19.5 Å². The summed E-state index contributed by atoms with van der Waals surface area (Å²) < 4.78 is 37.1. The molecule has 1 heterocycles. The summed E-state index contributed by atoms with van der Waals surface area (Å²) in [5, 5.41) is 0. The van der Waals surface area contributed by atoms with E-state index in [4.69, 9.17) is 9.47 Å². The van der Waals surface area contributed by atoms with E-state index in [9.17, 15) is 8.42 Å². The highest BCUT2D eigenvalue weighted by Crippen LogP contribution is 2.28. The fraction of sp³-hybridized carbons (Fsp3) is 0.538. The van der Waals surface area contributed by atoms with Gasteiger partial charge in [0, 0.05) is 7.11 Å². The smallest absolute Gasteiger partial charge is 0.247 e. The Morgan fingerprint density at radius 2 is 2.00 bits per heavy atom. The van der Waals surface area contributed by atoms with Crippen LogP contribution in [0, 0.1) is 6.92 Å². The number of rotatable bonds is 4. The third-order valence-electron chi connectivity index (χ3n) is 3.27. The maximum atomic E-state index is 12.7. The SMILES string of the molecule is CC[C@@H]1COC(OC)N1S(=O)(=O)c1ccc(C)cc1. The lowest BCUT2D eigenvalue weighted by Crippen LogP contribution is -2.42. The van der Waals surface area contributed by atoms with Crippen LogP contribution in [0.5, 0.6) is 0 Å². The van der Waals surface area contributed by atoms with Crippen molar-refractivity contribution < 1.29 is 17.9 Å². The van der Waals surface area contributed by atoms with Gasteiger partial charge >= 0.3 is 0 Å². The molecule has 1 aromatic carbocycles. The first-order valence-corrected chi connectivity index (χ1v) is 7.69. The number of benzene rings is 1. The first kappa shape index (κ1) is 14.5. The molecule has 2 rings (SSSR count). The van der Waals surface area contributed by atoms with Crippen LogP contribution in [0.25, 0.3) is 0 Å². The molecule has 0 N–H and O–H groups in total. The van der Waals surface area contributed by atoms with Gasteiger partial charge in [0.05, 0.1) is 17.5 Å². The van der Waals surface area contributed by atoms with Crippen molar-refractivity contribution in [1.29, 1.82) is 0 Å². The fourth-order valence-electron chi connectivity index (χ4n) is 2.12. The summed E-state index contributed by atoms with van der Waals surface area (Å²) in [7, 11) is -2.15. The van der Waals surface area contributed by atoms with Crippen LogP contribution < -0.4 is 0 Å². The minimum Gasteiger partial charge on any atom is -0.342 e. The molecule has 2 atom stereocenters. The second-order valence-electron chi connectivity index (χ2n) is 4.59. The van der Waals surface area contributed by atoms with Crippen LogP contribution in [0.3, 0.4) is 0 Å². The number of sulfonamides is 1. The number of aryl methyl sites for hydroxylation is 1. The molecular weight excluding hydrogens is 266 g/mol. The highest BCUT2D eigenvalue weighted by atomic mass is 32.2. The van der Waals surface area contributed by atoms with E-state index in [1.165, 1.54) is 11.4 Å². The lowest BCUT2D eigenvalue weighted by molar-refractivity contribution is -0.133. The lowest BCUT2D eigenvalue weighted by atomic mass is 10.2. The van der Waals surface area contributed by atoms with Crippen LogP contribution >= 0.6 is 0 Å². The second-order valence-corrected chi connectivity index (χ2v) is 6.43. The van der Waals surface area contributed by atoms with Crippen molar-refractivity contribution in [2.75, 3.05) is 13.7 Å². The third-order valence-corrected chi connectivity index (χ3v) is 5.16. The third kappa shape index (κ3) is 2.67. The van der Waals surface area contributed by atoms with Gasteiger partial charge in [-0.25, -0.2) is 8.42 Å². The average molecular weight is 285 g/mol. The quantitative estimate of drug-likeness (QED) is 0.845. The highest BCUT2D eigenvalue weighted by Gasteiger charge is 2.42. The van der Waals surface area contributed by atoms with Gasteiger partial charge < -0.3 is 9.47 Å². The van der Waals surface area contributed by atoms with Crippen LogP contribution in [-0.4, -0.2) is 38.9 Å². The number of ether oxygens (including phenoxy) is 2. The summed E-state index contributed by atoms with van der Waals surface area (Å²) >= 11 is 0. The molecule has 0 amide bonds. The molecule has 5 nitrogen and oxygen atoms in total. The minimum atomic E-state index is -3.59. The van der Waals surface area contributed by atoms with Gasteiger partial charge in [0.1, 0.15) is 0 Å². The van der Waals surface area contributed by atoms with Gasteiger partial charge in [0.25, 0.3) is 0 Å². The average Bonchev–Trinajstić information content (AvgIpc) is 2.82. The Bertz CT molecular complexity index is 514. The molecule has 1 unspecified atom stereocenters. The van der Waals surface area contributed by atoms with Crippen molar-refractivity contribution in [2.45, 2.75) is 37.6 Å². The second kappa shape index (κ2) is 5.58. The molecule has 106 valence electrons. The van der Waals surface area contributed by atoms with Crippen molar-refractivity contribution in [3.05, 3.63) is 29.8 Å². The predicted molar refractivity (Wildman–Crippen MR) is 71.0 cm³/mol. The summed E-state index contributed by atoms with van der Waals surface area (Å²) in [6.07, 6.45) is -0.151. The van der Waals surface area contributed by atoms with E-state index in [0.29, 0.717) is 13.0 Å². The maximum absolute atomic E-state index is 12.7. The molecule has 1 aliphatic rings. The van der Waals surface area contributed by atoms with Crippen LogP contribution in [0.1, 0.15) is 18.9 Å². The molecule has 6 heteroatoms. The number of hydrogen-bond acceptors (Lipinski definition) is 4. The Morgan fingerprint density at radius 3 is 2.53 bits per heavy atom. The van der Waals surface area contributed by atoms with Gasteiger partial charge in [-0.3, -0.25) is 0 Å². The van der Waals surface area contributed by atoms with E-state index < -0.39 is 16.4 Å². The molecule has 0 bridgehead atoms. The Balaban J connectivity index is 2.39. The zero-order valence-electron chi connectivity index (χ0n) is 11.4. The summed E-state index contributed by atoms with van der Waals surface area (Å²) in [6.45, 7) is 4.21. The van der Waals surface area contributed by atoms with Gasteiger partial charge in [0.15, 0.2) is 0 Å². The first-order valence-electron chi connectivity index (χ1n) is 6.25. The summed E-state index contributed by atoms with van der Waals surface area (Å²) in [5.74, 6) is 0. The lowest BCUT2D eigenvalue weighted by Gasteiger charge is -2.25. The van der Waals surface area contributed by atoms with Gasteiger partial charge in [-0.1, -0.05) is 24.6 Å². The topological polar surface area (TPSA) is 55.8 Å². The molecule has 1 aliphatic heterocycles. The molecule has 1 fully saturated rings. The normalized spacial score (nSPS) is 24.8. The standard InChI is InChI=1S/C13H19NO4S/c1-4-11-9-18-13(17-3)14(11)19(15,16)12-7-5-10(2)6-8-12/h5-8,11,13H,4,9H2,1-3H3/t11-,13?/m1/s1. The molecule has 0 radical (unpaired) electrons. The summed E-state index contributed by atoms with van der Waals surface area (Å²) in [5.41, 5.74) is 1.02. The molecule has 0 spiro atoms. The molecule has 1 aromatic rings. The van der Waals surface area contributed by atoms with E-state index in [0.717, 1.165) is 5.56 Å². The Labute approximate surface area is 114 Å². The Hall–Kier alpha value is -0.950. The molecule has 0 saturated carbocycles. The van der Waals surface area contributed by atoms with E-state index in [-0.39, 0.29) is 10.9 Å². The molecule has 0 aromatic heterocycles. The van der Waals surface area contributed by atoms with Crippen molar-refractivity contribution in [3.63, 3.8) is 0 Å². The van der Waals surface area contributed by atoms with E-state index >= 15 is 0 Å². The monoisotopic (exact) mass is 285 g/mol. The van der Waals surface area contributed by atoms with Crippen LogP contribution in [0.4, 0.5) is 0 Å². The molecule has 1 saturated heterocycles. The number of methoxy groups -OCH3 is 1. The van der Waals surface area contributed by atoms with Gasteiger partial charge in [0.2, 0.25) is 16.4 Å². The van der Waals surface area contributed by atoms with Gasteiger partial charge in [-0.15, -0.1) is 4.31 Å². The number of nitrogens with zero attached hydrogens (tertiary/aromatic N) is 1. The predicted octanol–water partition coefficient (Wildman–Crippen LogP) is 1.72. The minimum absolute atomic E-state index is 0.184. The van der Waals surface area contributed by atoms with E-state index in [1.807, 2.05) is 13.8 Å². The van der Waals surface area contributed by atoms with Gasteiger partial charge in [-0.2, -0.15) is 0 Å². The Morgan fingerprint density at radius 1 is 1.37 bits per heavy atom. The summed E-state index contributed by atoms with van der Waals surface area (Å²) in [4.78, 5) is 0.268. The largest absolute Gasteiger partial charge is 0.342 e. The van der Waals surface area contributed by atoms with Crippen molar-refractivity contribution in [3.8, 4) is 0 Å². The first-order chi connectivity index (χ1) is 9.00. The van der Waals surface area contributed by atoms with Crippen molar-refractivity contribution >= 4 is 10.0 Å². The summed E-state index contributed by atoms with van der Waals surface area (Å²) in [6, 6.07) is 6.61. The van der Waals surface area contributed by atoms with Gasteiger partial charge in [-0.05, 0) is 25.5 Å². The molecule has 0 aliphatic carbocycles. The maximum Gasteiger partial charge on any atom is 0.247 e. The van der Waals surface area contributed by atoms with Crippen molar-refractivity contribution in [1.82, 2.24) is 4.31 Å². The molecular formula is C13H19NO4S. The van der Waals surface area contributed by atoms with E-state index in [1.54, 1.807) is 24.3 Å². The zero-order valence-corrected chi connectivity index (χ0v) is 12.2. The fourth-order valence-corrected chi connectivity index (χ4v) is 3.82. The van der Waals surface area contributed by atoms with E-state index in [2.05, 4.69) is 0 Å². The molecule has 19 heavy (non-hydrogen) atoms. The van der Waals surface area contributed by atoms with Crippen LogP contribution in [0.2, 0.25) is 0 Å². The number of hydrogen-bond donors (Lipinski definition) is 0. The van der Waals surface area contributed by atoms with Crippen molar-refractivity contribution in [2.24, 2.45) is 0 Å². The zero-order chi connectivity index (χ0) is 14.0. The Kier molecular flexibility index (Phi) is 4.25. The highest BCUT2D eigenvalue weighted by molar-refractivity contribution is 7.89.